The molecule has 2 rings (SSSR count). The van der Waals surface area contributed by atoms with Crippen LogP contribution in [0, 0.1) is 12.8 Å². The Kier molecular flexibility index (Phi) is 12.8. The van der Waals surface area contributed by atoms with E-state index in [1.54, 1.807) is 37.2 Å². The fraction of sp³-hybridized carbons (Fsp3) is 0.286. The molecule has 28 heavy (non-hydrogen) atoms. The second-order valence-corrected chi connectivity index (χ2v) is 5.25. The number of aromatic nitrogens is 1. The highest BCUT2D eigenvalue weighted by molar-refractivity contribution is 6.06. The molecule has 0 bridgehead atoms. The third-order valence-corrected chi connectivity index (χ3v) is 3.42. The lowest BCUT2D eigenvalue weighted by molar-refractivity contribution is -0.128. The number of pyridine rings is 1. The predicted octanol–water partition coefficient (Wildman–Crippen LogP) is 3.19. The van der Waals surface area contributed by atoms with Crippen molar-refractivity contribution in [1.82, 2.24) is 4.98 Å². The highest BCUT2D eigenvalue weighted by Crippen LogP contribution is 2.22. The van der Waals surface area contributed by atoms with Crippen LogP contribution in [0.3, 0.4) is 0 Å². The fourth-order valence-electron chi connectivity index (χ4n) is 2.20. The van der Waals surface area contributed by atoms with E-state index in [1.165, 1.54) is 0 Å². The number of anilines is 3. The minimum Gasteiger partial charge on any atom is -0.468 e. The van der Waals surface area contributed by atoms with E-state index < -0.39 is 0 Å². The largest absolute Gasteiger partial charge is 0.468 e. The number of ether oxygens (including phenoxy) is 1. The van der Waals surface area contributed by atoms with E-state index in [2.05, 4.69) is 27.9 Å². The Morgan fingerprint density at radius 2 is 2.00 bits per heavy atom. The van der Waals surface area contributed by atoms with E-state index in [4.69, 9.17) is 5.73 Å². The van der Waals surface area contributed by atoms with Crippen molar-refractivity contribution in [1.29, 1.82) is 0 Å². The fourth-order valence-corrected chi connectivity index (χ4v) is 2.20. The summed E-state index contributed by atoms with van der Waals surface area (Å²) in [5.74, 6) is 0.561. The molecular weight excluding hydrogens is 356 g/mol. The van der Waals surface area contributed by atoms with Gasteiger partial charge < -0.3 is 15.8 Å². The second kappa shape index (κ2) is 14.6. The van der Waals surface area contributed by atoms with Crippen molar-refractivity contribution in [3.05, 3.63) is 48.2 Å². The molecule has 1 aromatic carbocycles. The van der Waals surface area contributed by atoms with E-state index in [-0.39, 0.29) is 5.91 Å². The van der Waals surface area contributed by atoms with Gasteiger partial charge in [0.05, 0.1) is 18.0 Å². The van der Waals surface area contributed by atoms with Gasteiger partial charge >= 0.3 is 0 Å². The van der Waals surface area contributed by atoms with Gasteiger partial charge in [0.25, 0.3) is 12.4 Å². The molecule has 0 spiro atoms. The van der Waals surface area contributed by atoms with Gasteiger partial charge in [0.2, 0.25) is 0 Å². The molecule has 0 saturated carbocycles. The normalized spacial score (nSPS) is 8.89. The summed E-state index contributed by atoms with van der Waals surface area (Å²) in [6.45, 7) is 5.31. The maximum Gasteiger partial charge on any atom is 0.293 e. The predicted molar refractivity (Wildman–Crippen MR) is 114 cm³/mol. The van der Waals surface area contributed by atoms with Crippen molar-refractivity contribution in [2.75, 3.05) is 36.1 Å². The number of nitrogen functional groups attached to an aromatic ring is 1. The molecule has 0 fully saturated rings. The van der Waals surface area contributed by atoms with E-state index in [0.717, 1.165) is 12.1 Å². The molecule has 0 unspecified atom stereocenters. The second-order valence-electron chi connectivity index (χ2n) is 5.25. The number of nitrogens with zero attached hydrogens (tertiary/aromatic N) is 2. The van der Waals surface area contributed by atoms with Gasteiger partial charge in [0.1, 0.15) is 5.82 Å². The van der Waals surface area contributed by atoms with Crippen molar-refractivity contribution in [3.63, 3.8) is 0 Å². The molecule has 7 nitrogen and oxygen atoms in total. The average molecular weight is 384 g/mol. The third kappa shape index (κ3) is 7.79. The van der Waals surface area contributed by atoms with Crippen LogP contribution in [0.1, 0.15) is 30.6 Å². The topological polar surface area (TPSA) is 97.6 Å². The number of terminal acetylenes is 1. The van der Waals surface area contributed by atoms with Gasteiger partial charge in [-0.2, -0.15) is 0 Å². The summed E-state index contributed by atoms with van der Waals surface area (Å²) in [5, 5.41) is 2.99. The summed E-state index contributed by atoms with van der Waals surface area (Å²) in [4.78, 5) is 27.8. The molecule has 0 aliphatic carbocycles. The number of carbonyl (C=O) groups excluding carboxylic acids is 2. The smallest absolute Gasteiger partial charge is 0.293 e. The number of amides is 1. The molecule has 3 N–H and O–H groups in total. The van der Waals surface area contributed by atoms with Gasteiger partial charge in [-0.1, -0.05) is 13.0 Å². The van der Waals surface area contributed by atoms with Crippen LogP contribution in [0.15, 0.2) is 42.6 Å². The summed E-state index contributed by atoms with van der Waals surface area (Å²) in [7, 11) is 1.80. The molecule has 7 heteroatoms. The van der Waals surface area contributed by atoms with Crippen LogP contribution in [0.5, 0.6) is 0 Å². The molecular formula is C21H28N4O3. The maximum atomic E-state index is 12.7. The molecule has 0 aliphatic heterocycles. The number of nitrogens with two attached hydrogens (primary N) is 1. The minimum absolute atomic E-state index is 0.0927. The SMILES string of the molecule is C#C.CCCN(C(=O)c1ccc(NC)c(N)c1)c1ccccn1.CCOC=O. The first kappa shape index (κ1) is 24.5. The lowest BCUT2D eigenvalue weighted by atomic mass is 10.1. The van der Waals surface area contributed by atoms with Gasteiger partial charge in [-0.15, -0.1) is 12.8 Å². The van der Waals surface area contributed by atoms with Gasteiger partial charge in [-0.3, -0.25) is 14.5 Å². The Morgan fingerprint density at radius 1 is 1.29 bits per heavy atom. The van der Waals surface area contributed by atoms with Gasteiger partial charge in [-0.05, 0) is 43.7 Å². The molecule has 1 amide bonds. The lowest BCUT2D eigenvalue weighted by Crippen LogP contribution is -2.32. The summed E-state index contributed by atoms with van der Waals surface area (Å²) in [5.41, 5.74) is 7.86. The molecule has 150 valence electrons. The lowest BCUT2D eigenvalue weighted by Gasteiger charge is -2.21. The van der Waals surface area contributed by atoms with Crippen LogP contribution in [-0.4, -0.2) is 37.6 Å². The summed E-state index contributed by atoms with van der Waals surface area (Å²) in [6, 6.07) is 10.8. The Morgan fingerprint density at radius 3 is 2.43 bits per heavy atom. The molecule has 0 atom stereocenters. The average Bonchev–Trinajstić information content (AvgIpc) is 2.74. The molecule has 0 saturated heterocycles. The standard InChI is InChI=1S/C16H20N4O.C3H6O2.C2H2/c1-3-10-20(15-6-4-5-9-19-15)16(21)12-7-8-14(18-2)13(17)11-12;1-2-5-3-4;1-2/h4-9,11,18H,3,10,17H2,1-2H3;3H,2H2,1H3;1-2H. The number of rotatable bonds is 7. The van der Waals surface area contributed by atoms with E-state index in [1.807, 2.05) is 31.2 Å². The van der Waals surface area contributed by atoms with E-state index in [9.17, 15) is 9.59 Å². The van der Waals surface area contributed by atoms with Crippen molar-refractivity contribution in [3.8, 4) is 12.8 Å². The number of hydrogen-bond donors (Lipinski definition) is 2. The Hall–Kier alpha value is -3.53. The number of benzene rings is 1. The van der Waals surface area contributed by atoms with Gasteiger partial charge in [0.15, 0.2) is 0 Å². The van der Waals surface area contributed by atoms with Crippen molar-refractivity contribution in [2.45, 2.75) is 20.3 Å². The first-order chi connectivity index (χ1) is 13.6. The Bertz CT molecular complexity index is 733. The Balaban J connectivity index is 0.000000906. The first-order valence-corrected chi connectivity index (χ1v) is 8.77. The monoisotopic (exact) mass is 384 g/mol. The molecule has 1 heterocycles. The van der Waals surface area contributed by atoms with Crippen molar-refractivity contribution >= 4 is 29.6 Å². The van der Waals surface area contributed by atoms with Crippen LogP contribution in [0.4, 0.5) is 17.2 Å². The van der Waals surface area contributed by atoms with Gasteiger partial charge in [-0.25, -0.2) is 4.98 Å². The molecule has 1 aromatic heterocycles. The molecule has 0 radical (unpaired) electrons. The van der Waals surface area contributed by atoms with Crippen LogP contribution < -0.4 is 16.0 Å². The maximum absolute atomic E-state index is 12.7. The summed E-state index contributed by atoms with van der Waals surface area (Å²) in [6.07, 6.45) is 10.5. The Labute approximate surface area is 166 Å². The van der Waals surface area contributed by atoms with E-state index >= 15 is 0 Å². The van der Waals surface area contributed by atoms with Crippen LogP contribution >= 0.6 is 0 Å². The highest BCUT2D eigenvalue weighted by atomic mass is 16.5. The third-order valence-electron chi connectivity index (χ3n) is 3.42. The molecule has 2 aromatic rings. The zero-order valence-electron chi connectivity index (χ0n) is 16.6. The van der Waals surface area contributed by atoms with Crippen LogP contribution in [0.25, 0.3) is 0 Å². The molecule has 0 aliphatic rings. The van der Waals surface area contributed by atoms with E-state index in [0.29, 0.717) is 36.7 Å². The first-order valence-electron chi connectivity index (χ1n) is 8.77. The van der Waals surface area contributed by atoms with Crippen LogP contribution in [-0.2, 0) is 9.53 Å². The van der Waals surface area contributed by atoms with Crippen molar-refractivity contribution in [2.24, 2.45) is 0 Å². The number of hydrogen-bond acceptors (Lipinski definition) is 6. The van der Waals surface area contributed by atoms with Crippen molar-refractivity contribution < 1.29 is 14.3 Å². The summed E-state index contributed by atoms with van der Waals surface area (Å²) < 4.78 is 4.15. The zero-order chi connectivity index (χ0) is 21.4. The van der Waals surface area contributed by atoms with Gasteiger partial charge in [0, 0.05) is 25.4 Å². The number of nitrogens with one attached hydrogen (secondary N) is 1. The summed E-state index contributed by atoms with van der Waals surface area (Å²) >= 11 is 0. The number of carbonyl (C=O) groups is 2. The van der Waals surface area contributed by atoms with Crippen LogP contribution in [0.2, 0.25) is 0 Å². The quantitative estimate of drug-likeness (QED) is 0.432. The zero-order valence-corrected chi connectivity index (χ0v) is 16.6. The minimum atomic E-state index is -0.0927. The highest BCUT2D eigenvalue weighted by Gasteiger charge is 2.18.